The maximum absolute atomic E-state index is 10.6. The lowest BCUT2D eigenvalue weighted by Gasteiger charge is -2.05. The van der Waals surface area contributed by atoms with Crippen LogP contribution in [0.3, 0.4) is 0 Å². The minimum absolute atomic E-state index is 0.0273. The molecule has 0 heterocycles. The normalized spacial score (nSPS) is 10.7. The van der Waals surface area contributed by atoms with Crippen LogP contribution in [0.1, 0.15) is 20.8 Å². The molecule has 0 aromatic heterocycles. The Morgan fingerprint density at radius 1 is 1.42 bits per heavy atom. The molecule has 66 valence electrons. The van der Waals surface area contributed by atoms with Gasteiger partial charge >= 0.3 is 5.97 Å². The van der Waals surface area contributed by atoms with Crippen molar-refractivity contribution in [2.24, 2.45) is 5.41 Å². The highest BCUT2D eigenvalue weighted by Gasteiger charge is 2.02. The number of esters is 1. The third kappa shape index (κ3) is 6.88. The van der Waals surface area contributed by atoms with E-state index in [1.54, 1.807) is 0 Å². The Morgan fingerprint density at radius 3 is 2.42 bits per heavy atom. The van der Waals surface area contributed by atoms with Gasteiger partial charge < -0.3 is 4.74 Å². The van der Waals surface area contributed by atoms with Crippen molar-refractivity contribution >= 4 is 5.97 Å². The first kappa shape index (κ1) is 10.8. The molecule has 0 saturated carbocycles. The minimum Gasteiger partial charge on any atom is -0.466 e. The highest BCUT2D eigenvalue weighted by Crippen LogP contribution is 2.09. The lowest BCUT2D eigenvalue weighted by molar-refractivity contribution is -0.134. The quantitative estimate of drug-likeness (QED) is 0.337. The number of ether oxygens (including phenoxy) is 1. The molecular weight excluding hydrogens is 152 g/mol. The Bertz CT molecular complexity index is 233. The van der Waals surface area contributed by atoms with Gasteiger partial charge in [0.15, 0.2) is 0 Å². The standard InChI is InChI=1S/C10H14O2/c1-10(2,3)8-6-5-7-9(11)12-4/h5,7H,1-4H3/b7-5-. The summed E-state index contributed by atoms with van der Waals surface area (Å²) in [5, 5.41) is 0. The summed E-state index contributed by atoms with van der Waals surface area (Å²) < 4.78 is 4.39. The maximum atomic E-state index is 10.6. The molecule has 0 N–H and O–H groups in total. The summed E-state index contributed by atoms with van der Waals surface area (Å²) in [4.78, 5) is 10.6. The first-order chi connectivity index (χ1) is 5.45. The topological polar surface area (TPSA) is 26.3 Å². The maximum Gasteiger partial charge on any atom is 0.331 e. The number of rotatable bonds is 1. The molecule has 0 bridgehead atoms. The largest absolute Gasteiger partial charge is 0.466 e. The van der Waals surface area contributed by atoms with E-state index in [0.717, 1.165) is 0 Å². The minimum atomic E-state index is -0.377. The molecule has 0 rings (SSSR count). The average Bonchev–Trinajstić information content (AvgIpc) is 1.96. The fraction of sp³-hybridized carbons (Fsp3) is 0.500. The van der Waals surface area contributed by atoms with E-state index in [-0.39, 0.29) is 11.4 Å². The molecule has 0 aliphatic rings. The first-order valence-electron chi connectivity index (χ1n) is 3.73. The average molecular weight is 166 g/mol. The molecule has 0 aliphatic heterocycles. The van der Waals surface area contributed by atoms with Crippen molar-refractivity contribution in [3.63, 3.8) is 0 Å². The van der Waals surface area contributed by atoms with Gasteiger partial charge in [-0.25, -0.2) is 4.79 Å². The van der Waals surface area contributed by atoms with Crippen molar-refractivity contribution in [1.29, 1.82) is 0 Å². The predicted molar refractivity (Wildman–Crippen MR) is 48.4 cm³/mol. The summed E-state index contributed by atoms with van der Waals surface area (Å²) in [6.45, 7) is 6.02. The molecule has 0 radical (unpaired) electrons. The number of hydrogen-bond donors (Lipinski definition) is 0. The molecule has 0 aromatic carbocycles. The predicted octanol–water partition coefficient (Wildman–Crippen LogP) is 1.77. The monoisotopic (exact) mass is 166 g/mol. The summed E-state index contributed by atoms with van der Waals surface area (Å²) in [6, 6.07) is 0. The van der Waals surface area contributed by atoms with Crippen molar-refractivity contribution in [2.75, 3.05) is 7.11 Å². The van der Waals surface area contributed by atoms with Gasteiger partial charge in [-0.15, -0.1) is 0 Å². The van der Waals surface area contributed by atoms with E-state index in [2.05, 4.69) is 16.6 Å². The summed E-state index contributed by atoms with van der Waals surface area (Å²) in [5.74, 6) is 5.34. The Balaban J connectivity index is 4.03. The lowest BCUT2D eigenvalue weighted by atomic mass is 9.98. The van der Waals surface area contributed by atoms with Crippen molar-refractivity contribution in [3.05, 3.63) is 12.2 Å². The van der Waals surface area contributed by atoms with Crippen molar-refractivity contribution in [1.82, 2.24) is 0 Å². The Kier molecular flexibility index (Phi) is 4.14. The van der Waals surface area contributed by atoms with Gasteiger partial charge in [-0.05, 0) is 26.8 Å². The van der Waals surface area contributed by atoms with Crippen LogP contribution in [0.25, 0.3) is 0 Å². The zero-order valence-corrected chi connectivity index (χ0v) is 7.97. The van der Waals surface area contributed by atoms with Crippen LogP contribution in [0.2, 0.25) is 0 Å². The van der Waals surface area contributed by atoms with Gasteiger partial charge in [-0.3, -0.25) is 0 Å². The number of carbonyl (C=O) groups excluding carboxylic acids is 1. The van der Waals surface area contributed by atoms with Gasteiger partial charge in [0.1, 0.15) is 0 Å². The van der Waals surface area contributed by atoms with Gasteiger partial charge in [0.2, 0.25) is 0 Å². The number of hydrogen-bond acceptors (Lipinski definition) is 2. The van der Waals surface area contributed by atoms with Crippen LogP contribution in [0.5, 0.6) is 0 Å². The molecule has 0 spiro atoms. The van der Waals surface area contributed by atoms with E-state index in [4.69, 9.17) is 0 Å². The summed E-state index contributed by atoms with van der Waals surface area (Å²) in [7, 11) is 1.34. The van der Waals surface area contributed by atoms with Crippen LogP contribution < -0.4 is 0 Å². The second kappa shape index (κ2) is 4.61. The Labute approximate surface area is 73.6 Å². The van der Waals surface area contributed by atoms with Crippen molar-refractivity contribution < 1.29 is 9.53 Å². The third-order valence-corrected chi connectivity index (χ3v) is 0.951. The zero-order chi connectivity index (χ0) is 9.61. The second-order valence-corrected chi connectivity index (χ2v) is 3.38. The highest BCUT2D eigenvalue weighted by molar-refractivity contribution is 5.82. The van der Waals surface area contributed by atoms with E-state index in [0.29, 0.717) is 0 Å². The Hall–Kier alpha value is -1.23. The molecule has 12 heavy (non-hydrogen) atoms. The fourth-order valence-electron chi connectivity index (χ4n) is 0.436. The molecule has 0 unspecified atom stereocenters. The molecule has 0 amide bonds. The molecule has 0 aliphatic carbocycles. The molecule has 2 nitrogen and oxygen atoms in total. The Morgan fingerprint density at radius 2 is 2.00 bits per heavy atom. The van der Waals surface area contributed by atoms with Gasteiger partial charge in [-0.1, -0.05) is 11.8 Å². The summed E-state index contributed by atoms with van der Waals surface area (Å²) in [5.41, 5.74) is -0.0273. The highest BCUT2D eigenvalue weighted by atomic mass is 16.5. The molecule has 0 atom stereocenters. The number of allylic oxidation sites excluding steroid dienone is 1. The lowest BCUT2D eigenvalue weighted by Crippen LogP contribution is -1.98. The van der Waals surface area contributed by atoms with Crippen LogP contribution >= 0.6 is 0 Å². The van der Waals surface area contributed by atoms with Crippen LogP contribution in [0.4, 0.5) is 0 Å². The molecule has 2 heteroatoms. The number of methoxy groups -OCH3 is 1. The number of carbonyl (C=O) groups is 1. The molecule has 0 saturated heterocycles. The molecular formula is C10H14O2. The van der Waals surface area contributed by atoms with E-state index in [9.17, 15) is 4.79 Å². The zero-order valence-electron chi connectivity index (χ0n) is 7.97. The van der Waals surface area contributed by atoms with Crippen LogP contribution in [0.15, 0.2) is 12.2 Å². The first-order valence-corrected chi connectivity index (χ1v) is 3.73. The van der Waals surface area contributed by atoms with Gasteiger partial charge in [0.05, 0.1) is 7.11 Å². The third-order valence-electron chi connectivity index (χ3n) is 0.951. The van der Waals surface area contributed by atoms with E-state index >= 15 is 0 Å². The van der Waals surface area contributed by atoms with Crippen molar-refractivity contribution in [3.8, 4) is 11.8 Å². The second-order valence-electron chi connectivity index (χ2n) is 3.38. The molecule has 0 fully saturated rings. The van der Waals surface area contributed by atoms with Gasteiger partial charge in [0.25, 0.3) is 0 Å². The van der Waals surface area contributed by atoms with Gasteiger partial charge in [0, 0.05) is 11.5 Å². The van der Waals surface area contributed by atoms with Crippen LogP contribution in [-0.4, -0.2) is 13.1 Å². The smallest absolute Gasteiger partial charge is 0.331 e. The summed E-state index contributed by atoms with van der Waals surface area (Å²) in [6.07, 6.45) is 2.80. The van der Waals surface area contributed by atoms with Gasteiger partial charge in [-0.2, -0.15) is 0 Å². The fourth-order valence-corrected chi connectivity index (χ4v) is 0.436. The summed E-state index contributed by atoms with van der Waals surface area (Å²) >= 11 is 0. The molecule has 0 aromatic rings. The van der Waals surface area contributed by atoms with E-state index in [1.807, 2.05) is 20.8 Å². The SMILES string of the molecule is COC(=O)/C=C\C#CC(C)(C)C. The van der Waals surface area contributed by atoms with E-state index < -0.39 is 0 Å². The van der Waals surface area contributed by atoms with E-state index in [1.165, 1.54) is 19.3 Å². The van der Waals surface area contributed by atoms with Crippen molar-refractivity contribution in [2.45, 2.75) is 20.8 Å². The van der Waals surface area contributed by atoms with Crippen LogP contribution in [0, 0.1) is 17.3 Å². The van der Waals surface area contributed by atoms with Crippen LogP contribution in [-0.2, 0) is 9.53 Å².